The highest BCUT2D eigenvalue weighted by Gasteiger charge is 2.12. The van der Waals surface area contributed by atoms with Crippen LogP contribution in [0.1, 0.15) is 28.4 Å². The molecule has 0 fully saturated rings. The van der Waals surface area contributed by atoms with Crippen LogP contribution in [0.25, 0.3) is 11.4 Å². The monoisotopic (exact) mass is 342 g/mol. The molecule has 0 atom stereocenters. The van der Waals surface area contributed by atoms with E-state index in [4.69, 9.17) is 4.52 Å². The van der Waals surface area contributed by atoms with Crippen LogP contribution < -0.4 is 5.32 Å². The molecule has 0 aliphatic heterocycles. The van der Waals surface area contributed by atoms with E-state index in [2.05, 4.69) is 20.4 Å². The molecule has 0 radical (unpaired) electrons. The summed E-state index contributed by atoms with van der Waals surface area (Å²) in [5.74, 6) is 0.449. The highest BCUT2D eigenvalue weighted by atomic mass is 32.1. The van der Waals surface area contributed by atoms with Gasteiger partial charge in [-0.15, -0.1) is 11.3 Å². The fraction of sp³-hybridized carbons (Fsp3) is 0.188. The molecule has 0 bridgehead atoms. The summed E-state index contributed by atoms with van der Waals surface area (Å²) in [6.45, 7) is 0.124. The smallest absolute Gasteiger partial charge is 0.246 e. The molecule has 0 aliphatic carbocycles. The SMILES string of the molecule is O=C(CCC(=O)c1cccs1)NCc1nc(-c2cccnc2)no1. The Labute approximate surface area is 141 Å². The van der Waals surface area contributed by atoms with E-state index in [9.17, 15) is 9.59 Å². The lowest BCUT2D eigenvalue weighted by Gasteiger charge is -2.01. The molecule has 3 aromatic heterocycles. The van der Waals surface area contributed by atoms with Gasteiger partial charge in [-0.1, -0.05) is 11.2 Å². The van der Waals surface area contributed by atoms with E-state index >= 15 is 0 Å². The first-order valence-electron chi connectivity index (χ1n) is 7.29. The Kier molecular flexibility index (Phi) is 5.07. The number of thiophene rings is 1. The van der Waals surface area contributed by atoms with Crippen molar-refractivity contribution in [2.24, 2.45) is 0 Å². The van der Waals surface area contributed by atoms with Gasteiger partial charge in [-0.05, 0) is 23.6 Å². The van der Waals surface area contributed by atoms with Crippen LogP contribution in [0, 0.1) is 0 Å². The topological polar surface area (TPSA) is 98.0 Å². The average Bonchev–Trinajstić information content (AvgIpc) is 3.30. The normalized spacial score (nSPS) is 10.5. The molecule has 1 N–H and O–H groups in total. The molecule has 0 aromatic carbocycles. The molecule has 1 amide bonds. The van der Waals surface area contributed by atoms with Gasteiger partial charge in [-0.25, -0.2) is 0 Å². The zero-order valence-corrected chi connectivity index (χ0v) is 13.5. The number of carbonyl (C=O) groups is 2. The minimum Gasteiger partial charge on any atom is -0.347 e. The second kappa shape index (κ2) is 7.60. The Morgan fingerprint density at radius 3 is 2.88 bits per heavy atom. The molecule has 122 valence electrons. The zero-order valence-electron chi connectivity index (χ0n) is 12.6. The van der Waals surface area contributed by atoms with Crippen molar-refractivity contribution in [3.8, 4) is 11.4 Å². The van der Waals surface area contributed by atoms with Crippen molar-refractivity contribution in [2.45, 2.75) is 19.4 Å². The molecule has 0 saturated carbocycles. The highest BCUT2D eigenvalue weighted by molar-refractivity contribution is 7.12. The summed E-state index contributed by atoms with van der Waals surface area (Å²) in [5.41, 5.74) is 0.736. The Morgan fingerprint density at radius 2 is 2.12 bits per heavy atom. The lowest BCUT2D eigenvalue weighted by Crippen LogP contribution is -2.23. The first-order valence-corrected chi connectivity index (χ1v) is 8.17. The minimum atomic E-state index is -0.235. The molecule has 0 saturated heterocycles. The number of nitrogens with zero attached hydrogens (tertiary/aromatic N) is 3. The van der Waals surface area contributed by atoms with E-state index in [1.807, 2.05) is 17.5 Å². The van der Waals surface area contributed by atoms with E-state index in [1.165, 1.54) is 11.3 Å². The van der Waals surface area contributed by atoms with Gasteiger partial charge in [0.05, 0.1) is 11.4 Å². The van der Waals surface area contributed by atoms with Gasteiger partial charge in [0.2, 0.25) is 17.6 Å². The molecule has 3 heterocycles. The van der Waals surface area contributed by atoms with E-state index in [1.54, 1.807) is 24.5 Å². The molecule has 0 aliphatic rings. The second-order valence-corrected chi connectivity index (χ2v) is 5.88. The predicted octanol–water partition coefficient (Wildman–Crippen LogP) is 2.47. The summed E-state index contributed by atoms with van der Waals surface area (Å²) < 4.78 is 5.09. The van der Waals surface area contributed by atoms with Crippen LogP contribution in [-0.4, -0.2) is 26.8 Å². The zero-order chi connectivity index (χ0) is 16.8. The third-order valence-electron chi connectivity index (χ3n) is 3.20. The standard InChI is InChI=1S/C16H14N4O3S/c21-12(13-4-2-8-24-13)5-6-14(22)18-10-15-19-16(20-23-15)11-3-1-7-17-9-11/h1-4,7-9H,5-6,10H2,(H,18,22). The van der Waals surface area contributed by atoms with Gasteiger partial charge in [0, 0.05) is 30.8 Å². The quantitative estimate of drug-likeness (QED) is 0.662. The van der Waals surface area contributed by atoms with Crippen molar-refractivity contribution in [3.05, 3.63) is 52.8 Å². The van der Waals surface area contributed by atoms with Crippen LogP contribution in [0.3, 0.4) is 0 Å². The van der Waals surface area contributed by atoms with Crippen LogP contribution in [0.5, 0.6) is 0 Å². The minimum absolute atomic E-state index is 0.0307. The average molecular weight is 342 g/mol. The Hall–Kier alpha value is -2.87. The molecule has 3 rings (SSSR count). The van der Waals surface area contributed by atoms with Crippen molar-refractivity contribution in [3.63, 3.8) is 0 Å². The van der Waals surface area contributed by atoms with Crippen LogP contribution in [0.4, 0.5) is 0 Å². The fourth-order valence-electron chi connectivity index (χ4n) is 1.99. The summed E-state index contributed by atoms with van der Waals surface area (Å²) in [7, 11) is 0. The number of nitrogens with one attached hydrogen (secondary N) is 1. The van der Waals surface area contributed by atoms with E-state index in [0.29, 0.717) is 16.6 Å². The van der Waals surface area contributed by atoms with Crippen molar-refractivity contribution < 1.29 is 14.1 Å². The van der Waals surface area contributed by atoms with Crippen molar-refractivity contribution in [1.82, 2.24) is 20.4 Å². The second-order valence-electron chi connectivity index (χ2n) is 4.93. The maximum absolute atomic E-state index is 11.8. The Bertz CT molecular complexity index is 815. The van der Waals surface area contributed by atoms with E-state index in [0.717, 1.165) is 5.56 Å². The van der Waals surface area contributed by atoms with E-state index in [-0.39, 0.29) is 31.1 Å². The number of pyridine rings is 1. The first kappa shape index (κ1) is 16.0. The maximum atomic E-state index is 11.8. The summed E-state index contributed by atoms with van der Waals surface area (Å²) in [4.78, 5) is 32.5. The number of rotatable bonds is 7. The summed E-state index contributed by atoms with van der Waals surface area (Å²) in [6.07, 6.45) is 3.59. The van der Waals surface area contributed by atoms with E-state index < -0.39 is 0 Å². The van der Waals surface area contributed by atoms with Crippen LogP contribution >= 0.6 is 11.3 Å². The molecule has 7 nitrogen and oxygen atoms in total. The number of amides is 1. The Balaban J connectivity index is 1.46. The molecule has 0 spiro atoms. The maximum Gasteiger partial charge on any atom is 0.246 e. The van der Waals surface area contributed by atoms with Crippen molar-refractivity contribution in [1.29, 1.82) is 0 Å². The number of hydrogen-bond acceptors (Lipinski definition) is 7. The lowest BCUT2D eigenvalue weighted by atomic mass is 10.2. The molecular weight excluding hydrogens is 328 g/mol. The largest absolute Gasteiger partial charge is 0.347 e. The van der Waals surface area contributed by atoms with Gasteiger partial charge in [-0.3, -0.25) is 14.6 Å². The molecule has 3 aromatic rings. The lowest BCUT2D eigenvalue weighted by molar-refractivity contribution is -0.121. The number of hydrogen-bond donors (Lipinski definition) is 1. The summed E-state index contributed by atoms with van der Waals surface area (Å²) in [6, 6.07) is 7.16. The van der Waals surface area contributed by atoms with Gasteiger partial charge >= 0.3 is 0 Å². The number of carbonyl (C=O) groups excluding carboxylic acids is 2. The van der Waals surface area contributed by atoms with Crippen LogP contribution in [0.2, 0.25) is 0 Å². The van der Waals surface area contributed by atoms with Crippen LogP contribution in [0.15, 0.2) is 46.6 Å². The fourth-order valence-corrected chi connectivity index (χ4v) is 2.68. The Morgan fingerprint density at radius 1 is 1.21 bits per heavy atom. The third kappa shape index (κ3) is 4.11. The van der Waals surface area contributed by atoms with Gasteiger partial charge in [0.15, 0.2) is 5.78 Å². The highest BCUT2D eigenvalue weighted by Crippen LogP contribution is 2.14. The third-order valence-corrected chi connectivity index (χ3v) is 4.11. The van der Waals surface area contributed by atoms with Crippen molar-refractivity contribution in [2.75, 3.05) is 0 Å². The van der Waals surface area contributed by atoms with Gasteiger partial charge in [0.25, 0.3) is 0 Å². The number of Topliss-reactive ketones (excluding diaryl/α,β-unsaturated/α-hetero) is 1. The summed E-state index contributed by atoms with van der Waals surface area (Å²) >= 11 is 1.37. The molecule has 24 heavy (non-hydrogen) atoms. The molecule has 0 unspecified atom stereocenters. The summed E-state index contributed by atoms with van der Waals surface area (Å²) in [5, 5.41) is 8.34. The van der Waals surface area contributed by atoms with Crippen LogP contribution in [-0.2, 0) is 11.3 Å². The first-order chi connectivity index (χ1) is 11.7. The van der Waals surface area contributed by atoms with Crippen molar-refractivity contribution >= 4 is 23.0 Å². The number of aromatic nitrogens is 3. The number of ketones is 1. The van der Waals surface area contributed by atoms with Gasteiger partial charge in [0.1, 0.15) is 0 Å². The molecular formula is C16H14N4O3S. The predicted molar refractivity (Wildman–Crippen MR) is 87.3 cm³/mol. The van der Waals surface area contributed by atoms with Gasteiger partial charge < -0.3 is 9.84 Å². The molecule has 8 heteroatoms. The van der Waals surface area contributed by atoms with Gasteiger partial charge in [-0.2, -0.15) is 4.98 Å².